The van der Waals surface area contributed by atoms with Crippen LogP contribution in [0.25, 0.3) is 15.8 Å². The minimum absolute atomic E-state index is 0.640. The minimum Gasteiger partial charge on any atom is -0.690 e. The van der Waals surface area contributed by atoms with Crippen molar-refractivity contribution in [2.75, 3.05) is 0 Å². The van der Waals surface area contributed by atoms with Crippen molar-refractivity contribution in [2.45, 2.75) is 0 Å². The highest BCUT2D eigenvalue weighted by Gasteiger charge is 1.90. The molecule has 0 unspecified atom stereocenters. The molecule has 0 spiro atoms. The molecule has 1 heterocycles. The Morgan fingerprint density at radius 2 is 2.00 bits per heavy atom. The molecule has 0 saturated carbocycles. The molecular formula is C8H6NS-. The topological polar surface area (TPSA) is 23.8 Å². The molecule has 0 saturated heterocycles. The predicted octanol–water partition coefficient (Wildman–Crippen LogP) is 3.58. The van der Waals surface area contributed by atoms with Gasteiger partial charge in [-0.1, -0.05) is 29.3 Å². The van der Waals surface area contributed by atoms with Gasteiger partial charge in [-0.25, -0.2) is 0 Å². The van der Waals surface area contributed by atoms with E-state index in [0.29, 0.717) is 5.00 Å². The Balaban J connectivity index is 2.88. The zero-order valence-corrected chi connectivity index (χ0v) is 6.11. The minimum atomic E-state index is 0.640. The van der Waals surface area contributed by atoms with E-state index in [0.717, 1.165) is 0 Å². The number of hydrogen-bond donors (Lipinski definition) is 0. The normalized spacial score (nSPS) is 10.4. The first-order valence-electron chi connectivity index (χ1n) is 3.06. The van der Waals surface area contributed by atoms with E-state index in [2.05, 4.69) is 0 Å². The fourth-order valence-electron chi connectivity index (χ4n) is 0.982. The summed E-state index contributed by atoms with van der Waals surface area (Å²) in [7, 11) is 0. The van der Waals surface area contributed by atoms with Gasteiger partial charge in [0.2, 0.25) is 0 Å². The van der Waals surface area contributed by atoms with Crippen LogP contribution in [0.3, 0.4) is 0 Å². The molecule has 1 nitrogen and oxygen atoms in total. The Morgan fingerprint density at radius 1 is 1.20 bits per heavy atom. The molecule has 50 valence electrons. The van der Waals surface area contributed by atoms with Gasteiger partial charge in [0.25, 0.3) is 0 Å². The summed E-state index contributed by atoms with van der Waals surface area (Å²) in [6, 6.07) is 9.95. The van der Waals surface area contributed by atoms with Gasteiger partial charge in [0, 0.05) is 4.70 Å². The van der Waals surface area contributed by atoms with Crippen LogP contribution < -0.4 is 0 Å². The number of benzene rings is 1. The molecule has 1 aromatic heterocycles. The van der Waals surface area contributed by atoms with Crippen molar-refractivity contribution in [1.82, 2.24) is 0 Å². The zero-order chi connectivity index (χ0) is 6.97. The van der Waals surface area contributed by atoms with Gasteiger partial charge in [-0.2, -0.15) is 11.3 Å². The fourth-order valence-corrected chi connectivity index (χ4v) is 1.80. The smallest absolute Gasteiger partial charge is 0.0329 e. The van der Waals surface area contributed by atoms with E-state index in [9.17, 15) is 0 Å². The summed E-state index contributed by atoms with van der Waals surface area (Å²) in [6.45, 7) is 0. The molecule has 2 heteroatoms. The van der Waals surface area contributed by atoms with E-state index < -0.39 is 0 Å². The third-order valence-corrected chi connectivity index (χ3v) is 2.35. The first-order valence-corrected chi connectivity index (χ1v) is 3.88. The maximum absolute atomic E-state index is 7.34. The van der Waals surface area contributed by atoms with Gasteiger partial charge in [0.15, 0.2) is 0 Å². The molecule has 0 radical (unpaired) electrons. The number of rotatable bonds is 0. The fraction of sp³-hybridized carbons (Fsp3) is 0. The molecule has 10 heavy (non-hydrogen) atoms. The van der Waals surface area contributed by atoms with Crippen molar-refractivity contribution >= 4 is 26.4 Å². The molecule has 0 aliphatic carbocycles. The molecule has 1 N–H and O–H groups in total. The van der Waals surface area contributed by atoms with Gasteiger partial charge in [0.05, 0.1) is 0 Å². The predicted molar refractivity (Wildman–Crippen MR) is 45.8 cm³/mol. The van der Waals surface area contributed by atoms with Crippen molar-refractivity contribution in [3.05, 3.63) is 36.1 Å². The summed E-state index contributed by atoms with van der Waals surface area (Å²) in [5.41, 5.74) is 7.34. The van der Waals surface area contributed by atoms with E-state index >= 15 is 0 Å². The van der Waals surface area contributed by atoms with E-state index in [1.165, 1.54) is 21.4 Å². The molecule has 0 atom stereocenters. The molecule has 0 aliphatic heterocycles. The second kappa shape index (κ2) is 1.99. The quantitative estimate of drug-likeness (QED) is 0.545. The van der Waals surface area contributed by atoms with Gasteiger partial charge in [-0.05, 0) is 11.5 Å². The summed E-state index contributed by atoms with van der Waals surface area (Å²) in [5, 5.41) is 1.82. The van der Waals surface area contributed by atoms with E-state index in [1.54, 1.807) is 0 Å². The Hall–Kier alpha value is -1.02. The molecule has 0 amide bonds. The maximum atomic E-state index is 7.34. The van der Waals surface area contributed by atoms with Crippen molar-refractivity contribution in [3.8, 4) is 0 Å². The second-order valence-electron chi connectivity index (χ2n) is 2.15. The SMILES string of the molecule is [NH-]c1cc2ccccc2s1. The Bertz CT molecular complexity index is 318. The highest BCUT2D eigenvalue weighted by Crippen LogP contribution is 2.30. The summed E-state index contributed by atoms with van der Waals surface area (Å²) in [4.78, 5) is 0. The van der Waals surface area contributed by atoms with Crippen molar-refractivity contribution in [3.63, 3.8) is 0 Å². The molecular weight excluding hydrogens is 142 g/mol. The van der Waals surface area contributed by atoms with Gasteiger partial charge < -0.3 is 5.73 Å². The Kier molecular flexibility index (Phi) is 1.14. The highest BCUT2D eigenvalue weighted by atomic mass is 32.1. The molecule has 0 bridgehead atoms. The lowest BCUT2D eigenvalue weighted by molar-refractivity contribution is 1.86. The molecule has 2 rings (SSSR count). The molecule has 0 aliphatic rings. The van der Waals surface area contributed by atoms with Crippen LogP contribution in [0.15, 0.2) is 30.3 Å². The lowest BCUT2D eigenvalue weighted by Gasteiger charge is -1.86. The van der Waals surface area contributed by atoms with Crippen molar-refractivity contribution in [1.29, 1.82) is 0 Å². The van der Waals surface area contributed by atoms with Crippen molar-refractivity contribution < 1.29 is 0 Å². The lowest BCUT2D eigenvalue weighted by atomic mass is 10.3. The number of hydrogen-bond acceptors (Lipinski definition) is 1. The van der Waals surface area contributed by atoms with Crippen molar-refractivity contribution in [2.24, 2.45) is 0 Å². The average Bonchev–Trinajstić information content (AvgIpc) is 2.27. The monoisotopic (exact) mass is 148 g/mol. The van der Waals surface area contributed by atoms with Gasteiger partial charge in [-0.3, -0.25) is 0 Å². The van der Waals surface area contributed by atoms with E-state index in [4.69, 9.17) is 5.73 Å². The maximum Gasteiger partial charge on any atom is 0.0329 e. The first-order chi connectivity index (χ1) is 4.86. The second-order valence-corrected chi connectivity index (χ2v) is 3.23. The first kappa shape index (κ1) is 5.74. The zero-order valence-electron chi connectivity index (χ0n) is 5.29. The average molecular weight is 148 g/mol. The van der Waals surface area contributed by atoms with Crippen LogP contribution in [0, 0.1) is 0 Å². The number of thiophene rings is 1. The molecule has 2 aromatic rings. The van der Waals surface area contributed by atoms with Crippen LogP contribution in [0.2, 0.25) is 0 Å². The van der Waals surface area contributed by atoms with Crippen LogP contribution in [-0.2, 0) is 0 Å². The van der Waals surface area contributed by atoms with Crippen LogP contribution in [0.1, 0.15) is 0 Å². The van der Waals surface area contributed by atoms with Crippen LogP contribution in [0.5, 0.6) is 0 Å². The van der Waals surface area contributed by atoms with Crippen LogP contribution in [0.4, 0.5) is 5.00 Å². The van der Waals surface area contributed by atoms with Crippen LogP contribution >= 0.6 is 11.3 Å². The largest absolute Gasteiger partial charge is 0.690 e. The van der Waals surface area contributed by atoms with Gasteiger partial charge in [-0.15, -0.1) is 0 Å². The van der Waals surface area contributed by atoms with Crippen LogP contribution in [-0.4, -0.2) is 0 Å². The van der Waals surface area contributed by atoms with E-state index in [1.807, 2.05) is 30.3 Å². The summed E-state index contributed by atoms with van der Waals surface area (Å²) in [5.74, 6) is 0. The Labute approximate surface area is 63.1 Å². The lowest BCUT2D eigenvalue weighted by Crippen LogP contribution is -1.56. The number of fused-ring (bicyclic) bond motifs is 1. The van der Waals surface area contributed by atoms with Gasteiger partial charge >= 0.3 is 0 Å². The summed E-state index contributed by atoms with van der Waals surface area (Å²) < 4.78 is 1.20. The third-order valence-electron chi connectivity index (χ3n) is 1.43. The summed E-state index contributed by atoms with van der Waals surface area (Å²) in [6.07, 6.45) is 0. The third kappa shape index (κ3) is 0.772. The number of nitrogens with one attached hydrogen (secondary N) is 1. The Morgan fingerprint density at radius 3 is 2.80 bits per heavy atom. The molecule has 1 aromatic carbocycles. The standard InChI is InChI=1S/C8H6NS/c9-8-5-6-3-1-2-4-7(6)10-8/h1-5,9H/q-1. The summed E-state index contributed by atoms with van der Waals surface area (Å²) >= 11 is 1.52. The van der Waals surface area contributed by atoms with E-state index in [-0.39, 0.29) is 0 Å². The highest BCUT2D eigenvalue weighted by molar-refractivity contribution is 7.22. The van der Waals surface area contributed by atoms with Gasteiger partial charge in [0.1, 0.15) is 0 Å². The molecule has 0 fully saturated rings.